The van der Waals surface area contributed by atoms with Gasteiger partial charge >= 0.3 is 5.97 Å². The maximum Gasteiger partial charge on any atom is 0.308 e. The van der Waals surface area contributed by atoms with E-state index < -0.39 is 17.7 Å². The van der Waals surface area contributed by atoms with E-state index in [1.807, 2.05) is 6.92 Å². The van der Waals surface area contributed by atoms with Crippen molar-refractivity contribution >= 4 is 5.97 Å². The fraction of sp³-hybridized carbons (Fsp3) is 0.929. The summed E-state index contributed by atoms with van der Waals surface area (Å²) in [4.78, 5) is 23.2. The third-order valence-electron chi connectivity index (χ3n) is 5.52. The zero-order valence-corrected chi connectivity index (χ0v) is 11.4. The highest BCUT2D eigenvalue weighted by molar-refractivity contribution is 5.71. The summed E-state index contributed by atoms with van der Waals surface area (Å²) in [5.74, 6) is 0.0861. The van der Waals surface area contributed by atoms with Gasteiger partial charge in [0.25, 0.3) is 0 Å². The van der Waals surface area contributed by atoms with E-state index in [1.54, 1.807) is 0 Å². The van der Waals surface area contributed by atoms with Gasteiger partial charge in [-0.25, -0.2) is 9.78 Å². The van der Waals surface area contributed by atoms with Crippen molar-refractivity contribution in [1.29, 1.82) is 0 Å². The van der Waals surface area contributed by atoms with Crippen LogP contribution in [0.25, 0.3) is 0 Å². The molecule has 19 heavy (non-hydrogen) atoms. The normalized spacial score (nSPS) is 56.2. The number of hydrogen-bond donors (Lipinski definition) is 0. The molecule has 4 heterocycles. The molecular formula is C14H20O5. The Morgan fingerprint density at radius 2 is 2.05 bits per heavy atom. The third kappa shape index (κ3) is 1.49. The average molecular weight is 268 g/mol. The van der Waals surface area contributed by atoms with E-state index in [-0.39, 0.29) is 11.9 Å². The minimum Gasteiger partial charge on any atom is -0.432 e. The topological polar surface area (TPSA) is 54.0 Å². The van der Waals surface area contributed by atoms with Gasteiger partial charge < -0.3 is 9.47 Å². The van der Waals surface area contributed by atoms with Crippen LogP contribution in [-0.4, -0.2) is 23.6 Å². The lowest BCUT2D eigenvalue weighted by Gasteiger charge is -2.56. The lowest BCUT2D eigenvalue weighted by atomic mass is 9.60. The van der Waals surface area contributed by atoms with Crippen molar-refractivity contribution in [1.82, 2.24) is 0 Å². The summed E-state index contributed by atoms with van der Waals surface area (Å²) in [5, 5.41) is 0. The first-order valence-electron chi connectivity index (χ1n) is 7.28. The molecule has 5 nitrogen and oxygen atoms in total. The number of hydrogen-bond acceptors (Lipinski definition) is 5. The van der Waals surface area contributed by atoms with Gasteiger partial charge in [-0.1, -0.05) is 6.92 Å². The van der Waals surface area contributed by atoms with E-state index in [2.05, 4.69) is 6.92 Å². The van der Waals surface area contributed by atoms with Gasteiger partial charge in [0, 0.05) is 18.3 Å². The molecule has 0 amide bonds. The largest absolute Gasteiger partial charge is 0.432 e. The van der Waals surface area contributed by atoms with Crippen molar-refractivity contribution in [2.75, 3.05) is 0 Å². The summed E-state index contributed by atoms with van der Waals surface area (Å²) < 4.78 is 11.4. The summed E-state index contributed by atoms with van der Waals surface area (Å²) in [6, 6.07) is 0. The van der Waals surface area contributed by atoms with Crippen molar-refractivity contribution in [3.05, 3.63) is 0 Å². The van der Waals surface area contributed by atoms with Crippen LogP contribution in [-0.2, 0) is 24.0 Å². The highest BCUT2D eigenvalue weighted by Crippen LogP contribution is 2.58. The second-order valence-corrected chi connectivity index (χ2v) is 6.69. The summed E-state index contributed by atoms with van der Waals surface area (Å²) >= 11 is 0. The monoisotopic (exact) mass is 268 g/mol. The summed E-state index contributed by atoms with van der Waals surface area (Å²) in [6.07, 6.45) is 3.72. The van der Waals surface area contributed by atoms with E-state index in [1.165, 1.54) is 0 Å². The van der Waals surface area contributed by atoms with Crippen LogP contribution in [0.3, 0.4) is 0 Å². The molecule has 106 valence electrons. The van der Waals surface area contributed by atoms with Crippen LogP contribution < -0.4 is 0 Å². The van der Waals surface area contributed by atoms with Crippen LogP contribution in [0.5, 0.6) is 0 Å². The first-order chi connectivity index (χ1) is 9.03. The quantitative estimate of drug-likeness (QED) is 0.497. The van der Waals surface area contributed by atoms with E-state index >= 15 is 0 Å². The van der Waals surface area contributed by atoms with Gasteiger partial charge in [0.15, 0.2) is 5.60 Å². The fourth-order valence-corrected chi connectivity index (χ4v) is 4.45. The van der Waals surface area contributed by atoms with Crippen molar-refractivity contribution in [3.63, 3.8) is 0 Å². The first-order valence-corrected chi connectivity index (χ1v) is 7.28. The van der Waals surface area contributed by atoms with Crippen molar-refractivity contribution in [2.45, 2.75) is 63.6 Å². The Balaban J connectivity index is 1.82. The number of esters is 1. The minimum absolute atomic E-state index is 0.155. The van der Waals surface area contributed by atoms with Crippen molar-refractivity contribution in [2.24, 2.45) is 17.8 Å². The highest BCUT2D eigenvalue weighted by Gasteiger charge is 2.68. The Morgan fingerprint density at radius 3 is 2.89 bits per heavy atom. The lowest BCUT2D eigenvalue weighted by molar-refractivity contribution is -0.557. The molecule has 1 aliphatic carbocycles. The Hall–Kier alpha value is -0.650. The fourth-order valence-electron chi connectivity index (χ4n) is 4.45. The summed E-state index contributed by atoms with van der Waals surface area (Å²) in [5.41, 5.74) is -0.582. The zero-order valence-electron chi connectivity index (χ0n) is 11.4. The Kier molecular flexibility index (Phi) is 2.37. The van der Waals surface area contributed by atoms with E-state index in [9.17, 15) is 4.79 Å². The third-order valence-corrected chi connectivity index (χ3v) is 5.52. The number of rotatable bonds is 0. The molecule has 0 radical (unpaired) electrons. The number of ether oxygens (including phenoxy) is 2. The zero-order chi connectivity index (χ0) is 13.3. The molecule has 0 N–H and O–H groups in total. The van der Waals surface area contributed by atoms with Crippen LogP contribution in [0.2, 0.25) is 0 Å². The molecule has 6 atom stereocenters. The molecule has 2 bridgehead atoms. The molecule has 0 aromatic rings. The SMILES string of the molecule is C[C@@H]1CC[C@H]2CC(=O)O[C@@H]3O[C@@]4(C)CCC1[C@@]23OO4. The van der Waals surface area contributed by atoms with Crippen LogP contribution in [0.4, 0.5) is 0 Å². The number of carbonyl (C=O) groups is 1. The van der Waals surface area contributed by atoms with Gasteiger partial charge in [-0.2, -0.15) is 0 Å². The highest BCUT2D eigenvalue weighted by atomic mass is 17.3. The standard InChI is InChI=1S/C14H20O5/c1-8-3-4-9-7-11(15)16-12-14(9)10(8)5-6-13(2,17-12)18-19-14/h8-10,12H,3-7H2,1-2H3/t8-,9+,10?,12-,13-,14+/m1/s1. The second kappa shape index (κ2) is 3.71. The molecule has 0 aromatic heterocycles. The van der Waals surface area contributed by atoms with Gasteiger partial charge in [0.2, 0.25) is 12.1 Å². The minimum atomic E-state index is -0.783. The average Bonchev–Trinajstić information content (AvgIpc) is 2.58. The Labute approximate surface area is 112 Å². The van der Waals surface area contributed by atoms with Crippen LogP contribution >= 0.6 is 0 Å². The van der Waals surface area contributed by atoms with Crippen molar-refractivity contribution < 1.29 is 24.0 Å². The van der Waals surface area contributed by atoms with Gasteiger partial charge in [0.1, 0.15) is 0 Å². The molecule has 5 heteroatoms. The Morgan fingerprint density at radius 1 is 1.21 bits per heavy atom. The van der Waals surface area contributed by atoms with Crippen molar-refractivity contribution in [3.8, 4) is 0 Å². The molecule has 5 rings (SSSR count). The van der Waals surface area contributed by atoms with E-state index in [4.69, 9.17) is 19.2 Å². The van der Waals surface area contributed by atoms with Gasteiger partial charge in [-0.05, 0) is 32.1 Å². The first kappa shape index (κ1) is 12.1. The maximum absolute atomic E-state index is 11.8. The van der Waals surface area contributed by atoms with Crippen LogP contribution in [0.15, 0.2) is 0 Å². The molecular weight excluding hydrogens is 248 g/mol. The van der Waals surface area contributed by atoms with Crippen LogP contribution in [0, 0.1) is 17.8 Å². The van der Waals surface area contributed by atoms with Crippen LogP contribution in [0.1, 0.15) is 46.0 Å². The van der Waals surface area contributed by atoms with Gasteiger partial charge in [0.05, 0.1) is 6.42 Å². The van der Waals surface area contributed by atoms with E-state index in [0.29, 0.717) is 18.3 Å². The molecule has 5 fully saturated rings. The molecule has 1 unspecified atom stereocenters. The van der Waals surface area contributed by atoms with Gasteiger partial charge in [-0.15, -0.1) is 0 Å². The number of carbonyl (C=O) groups excluding carboxylic acids is 1. The summed E-state index contributed by atoms with van der Waals surface area (Å²) in [6.45, 7) is 4.12. The molecule has 1 spiro atoms. The second-order valence-electron chi connectivity index (χ2n) is 6.69. The number of fused-ring (bicyclic) bond motifs is 2. The Bertz CT molecular complexity index is 420. The predicted octanol–water partition coefficient (Wildman–Crippen LogP) is 2.15. The summed E-state index contributed by atoms with van der Waals surface area (Å²) in [7, 11) is 0. The lowest BCUT2D eigenvalue weighted by Crippen LogP contribution is -2.67. The predicted molar refractivity (Wildman–Crippen MR) is 63.5 cm³/mol. The molecule has 4 aliphatic heterocycles. The molecule has 1 saturated carbocycles. The molecule has 5 aliphatic rings. The van der Waals surface area contributed by atoms with Gasteiger partial charge in [-0.3, -0.25) is 4.79 Å². The van der Waals surface area contributed by atoms with E-state index in [0.717, 1.165) is 25.7 Å². The molecule has 4 saturated heterocycles. The molecule has 0 aromatic carbocycles. The smallest absolute Gasteiger partial charge is 0.308 e. The maximum atomic E-state index is 11.8.